The predicted molar refractivity (Wildman–Crippen MR) is 83.3 cm³/mol. The first-order valence-electron chi connectivity index (χ1n) is 7.29. The second kappa shape index (κ2) is 6.70. The third-order valence-corrected chi connectivity index (χ3v) is 6.44. The van der Waals surface area contributed by atoms with Gasteiger partial charge in [0, 0.05) is 19.1 Å². The van der Waals surface area contributed by atoms with Crippen molar-refractivity contribution < 1.29 is 26.3 Å². The topological polar surface area (TPSA) is 72.6 Å². The van der Waals surface area contributed by atoms with E-state index in [2.05, 4.69) is 4.74 Å². The van der Waals surface area contributed by atoms with Gasteiger partial charge in [0.25, 0.3) is 0 Å². The molecule has 136 valence electrons. The van der Waals surface area contributed by atoms with E-state index in [9.17, 15) is 21.6 Å². The number of nitrogens with two attached hydrogens (primary N) is 1. The van der Waals surface area contributed by atoms with Crippen LogP contribution in [0.25, 0.3) is 0 Å². The van der Waals surface area contributed by atoms with Crippen molar-refractivity contribution in [2.24, 2.45) is 17.6 Å². The first-order chi connectivity index (χ1) is 10.7. The summed E-state index contributed by atoms with van der Waals surface area (Å²) in [5, 5.41) is 0. The van der Waals surface area contributed by atoms with Crippen LogP contribution in [0.4, 0.5) is 13.2 Å². The number of alkyl halides is 3. The van der Waals surface area contributed by atoms with Crippen LogP contribution in [0.1, 0.15) is 12.8 Å². The Hall–Kier alpha value is -1.03. The Morgan fingerprint density at radius 1 is 1.17 bits per heavy atom. The standard InChI is InChI=1S/C14H17F3N2O3S.ClH/c15-14(16,17)22-12-3-1-2-4-13(12)23(20,21)19-7-9-5-6-11(18)10(9)8-19;/h1-4,9-11H,5-8,18H2;1H. The van der Waals surface area contributed by atoms with Gasteiger partial charge in [-0.15, -0.1) is 25.6 Å². The van der Waals surface area contributed by atoms with Gasteiger partial charge in [-0.05, 0) is 36.8 Å². The predicted octanol–water partition coefficient (Wildman–Crippen LogP) is 2.36. The molecule has 3 rings (SSSR count). The zero-order valence-corrected chi connectivity index (χ0v) is 14.2. The molecule has 1 heterocycles. The number of nitrogens with zero attached hydrogens (tertiary/aromatic N) is 1. The average molecular weight is 387 g/mol. The van der Waals surface area contributed by atoms with E-state index in [0.717, 1.165) is 25.0 Å². The SMILES string of the molecule is Cl.NC1CCC2CN(S(=O)(=O)c3ccccc3OC(F)(F)F)CC12. The maximum Gasteiger partial charge on any atom is 0.573 e. The highest BCUT2D eigenvalue weighted by Gasteiger charge is 2.46. The van der Waals surface area contributed by atoms with Crippen molar-refractivity contribution in [3.63, 3.8) is 0 Å². The van der Waals surface area contributed by atoms with Crippen LogP contribution in [0.15, 0.2) is 29.2 Å². The van der Waals surface area contributed by atoms with Gasteiger partial charge in [0.2, 0.25) is 10.0 Å². The molecule has 2 N–H and O–H groups in total. The third-order valence-electron chi connectivity index (χ3n) is 4.57. The number of hydrogen-bond donors (Lipinski definition) is 1. The molecule has 1 aromatic carbocycles. The molecule has 0 bridgehead atoms. The van der Waals surface area contributed by atoms with Gasteiger partial charge in [0.05, 0.1) is 0 Å². The van der Waals surface area contributed by atoms with Gasteiger partial charge in [0.15, 0.2) is 0 Å². The lowest BCUT2D eigenvalue weighted by Crippen LogP contribution is -2.34. The quantitative estimate of drug-likeness (QED) is 0.865. The Labute approximate surface area is 144 Å². The Kier molecular flexibility index (Phi) is 5.39. The van der Waals surface area contributed by atoms with Gasteiger partial charge in [0.1, 0.15) is 10.6 Å². The van der Waals surface area contributed by atoms with Crippen LogP contribution in [-0.4, -0.2) is 38.2 Å². The highest BCUT2D eigenvalue weighted by atomic mass is 35.5. The Balaban J connectivity index is 0.00000208. The molecule has 5 nitrogen and oxygen atoms in total. The van der Waals surface area contributed by atoms with Gasteiger partial charge in [-0.3, -0.25) is 0 Å². The molecule has 2 aliphatic rings. The Morgan fingerprint density at radius 3 is 2.46 bits per heavy atom. The largest absolute Gasteiger partial charge is 0.573 e. The fourth-order valence-electron chi connectivity index (χ4n) is 3.47. The van der Waals surface area contributed by atoms with Crippen molar-refractivity contribution in [1.29, 1.82) is 0 Å². The normalized spacial score (nSPS) is 27.6. The molecule has 3 unspecified atom stereocenters. The summed E-state index contributed by atoms with van der Waals surface area (Å²) in [4.78, 5) is -0.467. The van der Waals surface area contributed by atoms with Gasteiger partial charge < -0.3 is 10.5 Å². The van der Waals surface area contributed by atoms with E-state index < -0.39 is 27.0 Å². The van der Waals surface area contributed by atoms with E-state index in [1.807, 2.05) is 0 Å². The number of rotatable bonds is 3. The molecule has 1 aliphatic heterocycles. The lowest BCUT2D eigenvalue weighted by atomic mass is 9.98. The molecule has 24 heavy (non-hydrogen) atoms. The van der Waals surface area contributed by atoms with Crippen LogP contribution in [-0.2, 0) is 10.0 Å². The second-order valence-corrected chi connectivity index (χ2v) is 7.89. The molecule has 1 saturated carbocycles. The van der Waals surface area contributed by atoms with Gasteiger partial charge in [-0.2, -0.15) is 4.31 Å². The summed E-state index contributed by atoms with van der Waals surface area (Å²) < 4.78 is 68.0. The summed E-state index contributed by atoms with van der Waals surface area (Å²) in [6.07, 6.45) is -3.25. The zero-order valence-electron chi connectivity index (χ0n) is 12.6. The molecular formula is C14H18ClF3N2O3S. The fourth-order valence-corrected chi connectivity index (χ4v) is 5.12. The van der Waals surface area contributed by atoms with E-state index in [-0.39, 0.29) is 36.8 Å². The summed E-state index contributed by atoms with van der Waals surface area (Å²) in [7, 11) is -4.05. The number of fused-ring (bicyclic) bond motifs is 1. The van der Waals surface area contributed by atoms with Crippen molar-refractivity contribution in [3.8, 4) is 5.75 Å². The van der Waals surface area contributed by atoms with E-state index in [1.54, 1.807) is 0 Å². The smallest absolute Gasteiger partial charge is 0.404 e. The molecule has 0 spiro atoms. The van der Waals surface area contributed by atoms with Crippen molar-refractivity contribution >= 4 is 22.4 Å². The molecule has 2 fully saturated rings. The van der Waals surface area contributed by atoms with E-state index in [4.69, 9.17) is 5.73 Å². The minimum atomic E-state index is -4.95. The number of para-hydroxylation sites is 1. The highest BCUT2D eigenvalue weighted by molar-refractivity contribution is 7.89. The van der Waals surface area contributed by atoms with Crippen LogP contribution in [0, 0.1) is 11.8 Å². The first kappa shape index (κ1) is 19.3. The number of benzene rings is 1. The van der Waals surface area contributed by atoms with E-state index in [0.29, 0.717) is 6.54 Å². The fraction of sp³-hybridized carbons (Fsp3) is 0.571. The summed E-state index contributed by atoms with van der Waals surface area (Å²) >= 11 is 0. The molecule has 10 heteroatoms. The Morgan fingerprint density at radius 2 is 1.83 bits per heavy atom. The van der Waals surface area contributed by atoms with Crippen LogP contribution < -0.4 is 10.5 Å². The lowest BCUT2D eigenvalue weighted by molar-refractivity contribution is -0.275. The number of ether oxygens (including phenoxy) is 1. The number of sulfonamides is 1. The third kappa shape index (κ3) is 3.63. The molecule has 1 saturated heterocycles. The van der Waals surface area contributed by atoms with Crippen molar-refractivity contribution in [2.45, 2.75) is 30.1 Å². The monoisotopic (exact) mass is 386 g/mol. The first-order valence-corrected chi connectivity index (χ1v) is 8.73. The molecule has 1 aromatic rings. The van der Waals surface area contributed by atoms with Gasteiger partial charge in [-0.25, -0.2) is 8.42 Å². The Bertz CT molecular complexity index is 699. The molecule has 0 radical (unpaired) electrons. The van der Waals surface area contributed by atoms with Crippen LogP contribution >= 0.6 is 12.4 Å². The summed E-state index contributed by atoms with van der Waals surface area (Å²) in [6.45, 7) is 0.537. The average Bonchev–Trinajstić information content (AvgIpc) is 3.00. The van der Waals surface area contributed by atoms with Crippen LogP contribution in [0.2, 0.25) is 0 Å². The van der Waals surface area contributed by atoms with E-state index >= 15 is 0 Å². The maximum absolute atomic E-state index is 12.7. The van der Waals surface area contributed by atoms with Crippen molar-refractivity contribution in [1.82, 2.24) is 4.31 Å². The minimum absolute atomic E-state index is 0. The van der Waals surface area contributed by atoms with E-state index in [1.165, 1.54) is 16.4 Å². The summed E-state index contributed by atoms with van der Waals surface area (Å²) in [5.74, 6) is -0.461. The van der Waals surface area contributed by atoms with Crippen molar-refractivity contribution in [3.05, 3.63) is 24.3 Å². The highest BCUT2D eigenvalue weighted by Crippen LogP contribution is 2.40. The van der Waals surface area contributed by atoms with Gasteiger partial charge in [-0.1, -0.05) is 12.1 Å². The molecule has 3 atom stereocenters. The number of halogens is 4. The summed E-state index contributed by atoms with van der Waals surface area (Å²) in [5.41, 5.74) is 5.98. The summed E-state index contributed by atoms with van der Waals surface area (Å²) in [6, 6.07) is 4.75. The molecule has 0 aromatic heterocycles. The second-order valence-electron chi connectivity index (χ2n) is 5.98. The van der Waals surface area contributed by atoms with Gasteiger partial charge >= 0.3 is 6.36 Å². The maximum atomic E-state index is 12.7. The zero-order chi connectivity index (χ0) is 16.8. The minimum Gasteiger partial charge on any atom is -0.404 e. The molecule has 0 amide bonds. The number of hydrogen-bond acceptors (Lipinski definition) is 4. The van der Waals surface area contributed by atoms with Crippen LogP contribution in [0.3, 0.4) is 0 Å². The molecular weight excluding hydrogens is 369 g/mol. The lowest BCUT2D eigenvalue weighted by Gasteiger charge is -2.20. The van der Waals surface area contributed by atoms with Crippen LogP contribution in [0.5, 0.6) is 5.75 Å². The molecule has 1 aliphatic carbocycles. The van der Waals surface area contributed by atoms with Crippen molar-refractivity contribution in [2.75, 3.05) is 13.1 Å².